The second kappa shape index (κ2) is 6.86. The van der Waals surface area contributed by atoms with Crippen molar-refractivity contribution in [3.63, 3.8) is 0 Å². The van der Waals surface area contributed by atoms with Crippen LogP contribution in [0.4, 0.5) is 0 Å². The summed E-state index contributed by atoms with van der Waals surface area (Å²) in [7, 11) is 0. The SMILES string of the molecule is Cc1cc(OCCCN2CCSC2)nc2ccc(Cl)cc12. The molecule has 112 valence electrons. The van der Waals surface area contributed by atoms with Gasteiger partial charge in [-0.15, -0.1) is 11.8 Å². The van der Waals surface area contributed by atoms with Crippen molar-refractivity contribution in [3.8, 4) is 5.88 Å². The van der Waals surface area contributed by atoms with Crippen LogP contribution in [0.25, 0.3) is 10.9 Å². The predicted octanol–water partition coefficient (Wildman–Crippen LogP) is 3.97. The van der Waals surface area contributed by atoms with Crippen LogP contribution in [-0.2, 0) is 0 Å². The number of thioether (sulfide) groups is 1. The first-order valence-electron chi connectivity index (χ1n) is 7.22. The van der Waals surface area contributed by atoms with Gasteiger partial charge in [-0.1, -0.05) is 11.6 Å². The van der Waals surface area contributed by atoms with Gasteiger partial charge in [-0.3, -0.25) is 4.90 Å². The van der Waals surface area contributed by atoms with Gasteiger partial charge in [0, 0.05) is 41.2 Å². The fourth-order valence-electron chi connectivity index (χ4n) is 2.50. The summed E-state index contributed by atoms with van der Waals surface area (Å²) in [5.41, 5.74) is 2.08. The molecule has 0 aliphatic carbocycles. The van der Waals surface area contributed by atoms with Crippen LogP contribution in [0.5, 0.6) is 5.88 Å². The third-order valence-corrected chi connectivity index (χ3v) is 4.90. The molecule has 1 aromatic carbocycles. The molecule has 1 aromatic heterocycles. The van der Waals surface area contributed by atoms with Crippen molar-refractivity contribution in [2.45, 2.75) is 13.3 Å². The van der Waals surface area contributed by atoms with Crippen molar-refractivity contribution in [1.29, 1.82) is 0 Å². The first-order chi connectivity index (χ1) is 10.2. The zero-order chi connectivity index (χ0) is 14.7. The number of halogens is 1. The third kappa shape index (κ3) is 3.82. The normalized spacial score (nSPS) is 15.7. The van der Waals surface area contributed by atoms with E-state index in [1.807, 2.05) is 36.0 Å². The maximum atomic E-state index is 6.03. The number of hydrogen-bond acceptors (Lipinski definition) is 4. The summed E-state index contributed by atoms with van der Waals surface area (Å²) < 4.78 is 5.81. The summed E-state index contributed by atoms with van der Waals surface area (Å²) in [6, 6.07) is 7.75. The molecule has 0 N–H and O–H groups in total. The molecule has 0 spiro atoms. The first-order valence-corrected chi connectivity index (χ1v) is 8.75. The molecule has 5 heteroatoms. The molecule has 0 unspecified atom stereocenters. The van der Waals surface area contributed by atoms with E-state index in [0.29, 0.717) is 12.5 Å². The second-order valence-corrected chi connectivity index (χ2v) is 6.81. The van der Waals surface area contributed by atoms with E-state index in [1.165, 1.54) is 12.3 Å². The maximum Gasteiger partial charge on any atom is 0.214 e. The average molecular weight is 323 g/mol. The number of benzene rings is 1. The third-order valence-electron chi connectivity index (χ3n) is 3.65. The van der Waals surface area contributed by atoms with E-state index in [9.17, 15) is 0 Å². The van der Waals surface area contributed by atoms with Gasteiger partial charge < -0.3 is 4.74 Å². The van der Waals surface area contributed by atoms with Gasteiger partial charge in [0.2, 0.25) is 5.88 Å². The minimum Gasteiger partial charge on any atom is -0.478 e. The molecular formula is C16H19ClN2OS. The van der Waals surface area contributed by atoms with E-state index < -0.39 is 0 Å². The van der Waals surface area contributed by atoms with Gasteiger partial charge in [-0.2, -0.15) is 0 Å². The molecule has 1 saturated heterocycles. The summed E-state index contributed by atoms with van der Waals surface area (Å²) in [6.45, 7) is 5.09. The molecule has 3 rings (SSSR count). The van der Waals surface area contributed by atoms with E-state index in [1.54, 1.807) is 0 Å². The molecule has 2 aromatic rings. The highest BCUT2D eigenvalue weighted by Gasteiger charge is 2.11. The quantitative estimate of drug-likeness (QED) is 0.778. The van der Waals surface area contributed by atoms with Gasteiger partial charge in [-0.25, -0.2) is 4.98 Å². The fourth-order valence-corrected chi connectivity index (χ4v) is 3.71. The Labute approximate surface area is 134 Å². The molecule has 0 radical (unpaired) electrons. The van der Waals surface area contributed by atoms with Crippen molar-refractivity contribution >= 4 is 34.3 Å². The van der Waals surface area contributed by atoms with Gasteiger partial charge in [-0.05, 0) is 37.1 Å². The maximum absolute atomic E-state index is 6.03. The Bertz CT molecular complexity index is 629. The molecule has 0 amide bonds. The molecule has 0 atom stereocenters. The van der Waals surface area contributed by atoms with Crippen LogP contribution < -0.4 is 4.74 Å². The predicted molar refractivity (Wildman–Crippen MR) is 90.5 cm³/mol. The molecule has 1 fully saturated rings. The van der Waals surface area contributed by atoms with Crippen molar-refractivity contribution in [2.24, 2.45) is 0 Å². The van der Waals surface area contributed by atoms with Crippen molar-refractivity contribution in [1.82, 2.24) is 9.88 Å². The Morgan fingerprint density at radius 3 is 3.10 bits per heavy atom. The lowest BCUT2D eigenvalue weighted by Crippen LogP contribution is -2.22. The molecule has 0 bridgehead atoms. The number of pyridine rings is 1. The molecule has 3 nitrogen and oxygen atoms in total. The van der Waals surface area contributed by atoms with Gasteiger partial charge >= 0.3 is 0 Å². The number of aryl methyl sites for hydroxylation is 1. The number of fused-ring (bicyclic) bond motifs is 1. The van der Waals surface area contributed by atoms with E-state index in [-0.39, 0.29) is 0 Å². The lowest BCUT2D eigenvalue weighted by atomic mass is 10.1. The fraction of sp³-hybridized carbons (Fsp3) is 0.438. The van der Waals surface area contributed by atoms with Gasteiger partial charge in [0.25, 0.3) is 0 Å². The Kier molecular flexibility index (Phi) is 4.88. The summed E-state index contributed by atoms with van der Waals surface area (Å²) in [5.74, 6) is 3.13. The first kappa shape index (κ1) is 14.9. The molecule has 1 aliphatic heterocycles. The van der Waals surface area contributed by atoms with E-state index in [0.717, 1.165) is 40.3 Å². The zero-order valence-electron chi connectivity index (χ0n) is 12.1. The van der Waals surface area contributed by atoms with Crippen molar-refractivity contribution < 1.29 is 4.74 Å². The van der Waals surface area contributed by atoms with Crippen LogP contribution in [-0.4, -0.2) is 41.2 Å². The molecular weight excluding hydrogens is 304 g/mol. The van der Waals surface area contributed by atoms with Gasteiger partial charge in [0.05, 0.1) is 12.1 Å². The smallest absolute Gasteiger partial charge is 0.214 e. The largest absolute Gasteiger partial charge is 0.478 e. The highest BCUT2D eigenvalue weighted by Crippen LogP contribution is 2.24. The van der Waals surface area contributed by atoms with Crippen LogP contribution in [0.3, 0.4) is 0 Å². The highest BCUT2D eigenvalue weighted by atomic mass is 35.5. The second-order valence-electron chi connectivity index (χ2n) is 5.30. The molecule has 1 aliphatic rings. The summed E-state index contributed by atoms with van der Waals surface area (Å²) in [5, 5.41) is 1.83. The Balaban J connectivity index is 1.60. The summed E-state index contributed by atoms with van der Waals surface area (Å²) >= 11 is 8.03. The van der Waals surface area contributed by atoms with Crippen molar-refractivity contribution in [3.05, 3.63) is 34.9 Å². The van der Waals surface area contributed by atoms with Gasteiger partial charge in [0.1, 0.15) is 0 Å². The number of hydrogen-bond donors (Lipinski definition) is 0. The zero-order valence-corrected chi connectivity index (χ0v) is 13.7. The summed E-state index contributed by atoms with van der Waals surface area (Å²) in [4.78, 5) is 7.02. The van der Waals surface area contributed by atoms with Crippen molar-refractivity contribution in [2.75, 3.05) is 31.3 Å². The number of ether oxygens (including phenoxy) is 1. The minimum absolute atomic E-state index is 0.707. The standard InChI is InChI=1S/C16H19ClN2OS/c1-12-9-16(18-15-4-3-13(17)10-14(12)15)20-7-2-5-19-6-8-21-11-19/h3-4,9-10H,2,5-8,11H2,1H3. The number of rotatable bonds is 5. The topological polar surface area (TPSA) is 25.4 Å². The minimum atomic E-state index is 0.707. The molecule has 21 heavy (non-hydrogen) atoms. The van der Waals surface area contributed by atoms with Crippen LogP contribution >= 0.6 is 23.4 Å². The highest BCUT2D eigenvalue weighted by molar-refractivity contribution is 7.99. The lowest BCUT2D eigenvalue weighted by molar-refractivity contribution is 0.262. The molecule has 2 heterocycles. The monoisotopic (exact) mass is 322 g/mol. The van der Waals surface area contributed by atoms with Crippen LogP contribution in [0.1, 0.15) is 12.0 Å². The Morgan fingerprint density at radius 1 is 1.38 bits per heavy atom. The lowest BCUT2D eigenvalue weighted by Gasteiger charge is -2.14. The number of nitrogens with zero attached hydrogens (tertiary/aromatic N) is 2. The van der Waals surface area contributed by atoms with Gasteiger partial charge in [0.15, 0.2) is 0 Å². The Hall–Kier alpha value is -0.970. The van der Waals surface area contributed by atoms with Crippen LogP contribution in [0.2, 0.25) is 5.02 Å². The molecule has 0 saturated carbocycles. The number of aromatic nitrogens is 1. The van der Waals surface area contributed by atoms with Crippen LogP contribution in [0, 0.1) is 6.92 Å². The van der Waals surface area contributed by atoms with E-state index in [2.05, 4.69) is 16.8 Å². The summed E-state index contributed by atoms with van der Waals surface area (Å²) in [6.07, 6.45) is 1.04. The van der Waals surface area contributed by atoms with E-state index >= 15 is 0 Å². The van der Waals surface area contributed by atoms with E-state index in [4.69, 9.17) is 16.3 Å². The average Bonchev–Trinajstić information content (AvgIpc) is 2.98. The van der Waals surface area contributed by atoms with Crippen LogP contribution in [0.15, 0.2) is 24.3 Å². The Morgan fingerprint density at radius 2 is 2.29 bits per heavy atom.